The van der Waals surface area contributed by atoms with E-state index in [-0.39, 0.29) is 17.8 Å². The van der Waals surface area contributed by atoms with Gasteiger partial charge in [-0.25, -0.2) is 4.99 Å². The molecule has 98 valence electrons. The van der Waals surface area contributed by atoms with Crippen molar-refractivity contribution in [2.75, 3.05) is 5.73 Å². The maximum absolute atomic E-state index is 11.5. The van der Waals surface area contributed by atoms with Crippen LogP contribution >= 0.6 is 0 Å². The van der Waals surface area contributed by atoms with Gasteiger partial charge >= 0.3 is 0 Å². The van der Waals surface area contributed by atoms with Crippen LogP contribution in [0.15, 0.2) is 28.2 Å². The number of aliphatic imine (C=N–C) groups is 2. The Morgan fingerprint density at radius 2 is 2.21 bits per heavy atom. The lowest BCUT2D eigenvalue weighted by Gasteiger charge is -2.03. The third kappa shape index (κ3) is 2.57. The fourth-order valence-corrected chi connectivity index (χ4v) is 1.99. The zero-order chi connectivity index (χ0) is 13.4. The number of amidine groups is 1. The Hall–Kier alpha value is -2.37. The number of amides is 1. The van der Waals surface area contributed by atoms with Crippen LogP contribution in [0.4, 0.5) is 11.4 Å². The summed E-state index contributed by atoms with van der Waals surface area (Å²) in [6.07, 6.45) is 2.48. The minimum Gasteiger partial charge on any atom is -0.399 e. The summed E-state index contributed by atoms with van der Waals surface area (Å²) in [5.74, 6) is 0.718. The first-order valence-electron chi connectivity index (χ1n) is 6.23. The predicted octanol–water partition coefficient (Wildman–Crippen LogP) is 0.696. The van der Waals surface area contributed by atoms with E-state index in [1.165, 1.54) is 0 Å². The highest BCUT2D eigenvalue weighted by Crippen LogP contribution is 2.30. The molecule has 0 atom stereocenters. The zero-order valence-corrected chi connectivity index (χ0v) is 10.4. The van der Waals surface area contributed by atoms with E-state index in [0.29, 0.717) is 17.9 Å². The van der Waals surface area contributed by atoms with Crippen molar-refractivity contribution in [2.45, 2.75) is 19.3 Å². The molecule has 0 spiro atoms. The molecule has 1 aromatic rings. The molecule has 5 N–H and O–H groups in total. The molecule has 0 unspecified atom stereocenters. The van der Waals surface area contributed by atoms with Crippen molar-refractivity contribution in [1.82, 2.24) is 5.32 Å². The average Bonchev–Trinajstić information content (AvgIpc) is 3.11. The summed E-state index contributed by atoms with van der Waals surface area (Å²) >= 11 is 0. The summed E-state index contributed by atoms with van der Waals surface area (Å²) in [4.78, 5) is 19.7. The second-order valence-electron chi connectivity index (χ2n) is 4.86. The van der Waals surface area contributed by atoms with Crippen LogP contribution in [0.1, 0.15) is 18.4 Å². The second-order valence-corrected chi connectivity index (χ2v) is 4.86. The largest absolute Gasteiger partial charge is 0.399 e. The molecule has 1 aliphatic carbocycles. The number of benzene rings is 1. The highest BCUT2D eigenvalue weighted by molar-refractivity contribution is 6.06. The van der Waals surface area contributed by atoms with Crippen molar-refractivity contribution in [3.05, 3.63) is 23.8 Å². The first kappa shape index (κ1) is 11.7. The zero-order valence-electron chi connectivity index (χ0n) is 10.4. The molecular weight excluding hydrogens is 242 g/mol. The number of nitrogens with one attached hydrogen (secondary N) is 1. The molecule has 1 amide bonds. The van der Waals surface area contributed by atoms with Crippen molar-refractivity contribution in [3.8, 4) is 0 Å². The molecule has 0 aromatic heterocycles. The van der Waals surface area contributed by atoms with Gasteiger partial charge in [0.15, 0.2) is 0 Å². The number of rotatable bonds is 1. The quantitative estimate of drug-likeness (QED) is 0.391. The molecule has 1 aliphatic heterocycles. The van der Waals surface area contributed by atoms with E-state index >= 15 is 0 Å². The Morgan fingerprint density at radius 1 is 1.42 bits per heavy atom. The van der Waals surface area contributed by atoms with E-state index in [1.54, 1.807) is 0 Å². The van der Waals surface area contributed by atoms with Gasteiger partial charge in [-0.1, -0.05) is 6.07 Å². The van der Waals surface area contributed by atoms with E-state index in [1.807, 2.05) is 18.2 Å². The summed E-state index contributed by atoms with van der Waals surface area (Å²) in [6, 6.07) is 5.59. The maximum atomic E-state index is 11.5. The minimum absolute atomic E-state index is 0.0721. The van der Waals surface area contributed by atoms with Crippen LogP contribution in [0.5, 0.6) is 0 Å². The van der Waals surface area contributed by atoms with Gasteiger partial charge in [0.2, 0.25) is 5.96 Å². The normalized spacial score (nSPS) is 17.9. The van der Waals surface area contributed by atoms with Crippen LogP contribution in [-0.2, 0) is 11.2 Å². The molecule has 1 heterocycles. The molecule has 1 fully saturated rings. The van der Waals surface area contributed by atoms with Gasteiger partial charge in [0.05, 0.1) is 5.69 Å². The maximum Gasteiger partial charge on any atom is 0.251 e. The van der Waals surface area contributed by atoms with Crippen LogP contribution < -0.4 is 16.8 Å². The predicted molar refractivity (Wildman–Crippen MR) is 74.1 cm³/mol. The molecule has 3 rings (SSSR count). The van der Waals surface area contributed by atoms with E-state index < -0.39 is 0 Å². The fraction of sp³-hybridized carbons (Fsp3) is 0.308. The molecular formula is C13H15N5O. The Labute approximate surface area is 110 Å². The Kier molecular flexibility index (Phi) is 2.70. The first-order chi connectivity index (χ1) is 9.11. The average molecular weight is 257 g/mol. The van der Waals surface area contributed by atoms with E-state index in [9.17, 15) is 4.79 Å². The van der Waals surface area contributed by atoms with Crippen LogP contribution in [0.25, 0.3) is 0 Å². The minimum atomic E-state index is -0.148. The number of hydrogen-bond donors (Lipinski definition) is 3. The molecule has 0 bridgehead atoms. The molecule has 19 heavy (non-hydrogen) atoms. The van der Waals surface area contributed by atoms with Crippen LogP contribution in [0.3, 0.4) is 0 Å². The molecule has 0 radical (unpaired) electrons. The van der Waals surface area contributed by atoms with Gasteiger partial charge in [-0.15, -0.1) is 0 Å². The number of hydrogen-bond acceptors (Lipinski definition) is 3. The van der Waals surface area contributed by atoms with Gasteiger partial charge in [-0.2, -0.15) is 4.99 Å². The molecule has 0 saturated heterocycles. The summed E-state index contributed by atoms with van der Waals surface area (Å²) in [6.45, 7) is 0. The number of carbonyl (C=O) groups is 1. The monoisotopic (exact) mass is 257 g/mol. The van der Waals surface area contributed by atoms with Crippen LogP contribution in [0, 0.1) is 5.92 Å². The Morgan fingerprint density at radius 3 is 2.95 bits per heavy atom. The van der Waals surface area contributed by atoms with E-state index in [4.69, 9.17) is 11.5 Å². The van der Waals surface area contributed by atoms with Crippen LogP contribution in [-0.4, -0.2) is 17.7 Å². The van der Waals surface area contributed by atoms with Gasteiger partial charge in [0.1, 0.15) is 5.84 Å². The Balaban J connectivity index is 1.69. The third-order valence-corrected chi connectivity index (χ3v) is 3.15. The molecule has 6 heteroatoms. The SMILES string of the molecule is N/C(=N\C(=O)C1CC1)NC1=Nc2cc(N)ccc2C1. The van der Waals surface area contributed by atoms with Gasteiger partial charge in [-0.05, 0) is 30.5 Å². The smallest absolute Gasteiger partial charge is 0.251 e. The van der Waals surface area contributed by atoms with Crippen molar-refractivity contribution in [3.63, 3.8) is 0 Å². The standard InChI is InChI=1S/C13H15N5O/c14-9-4-3-8-5-11(16-10(8)6-9)17-13(15)18-12(19)7-1-2-7/h3-4,6-7H,1-2,5,14H2,(H3,15,16,17,18,19). The summed E-state index contributed by atoms with van der Waals surface area (Å²) < 4.78 is 0. The highest BCUT2D eigenvalue weighted by atomic mass is 16.1. The fourth-order valence-electron chi connectivity index (χ4n) is 1.99. The summed E-state index contributed by atoms with van der Waals surface area (Å²) in [7, 11) is 0. The molecule has 1 aromatic carbocycles. The highest BCUT2D eigenvalue weighted by Gasteiger charge is 2.29. The van der Waals surface area contributed by atoms with Crippen molar-refractivity contribution < 1.29 is 4.79 Å². The van der Waals surface area contributed by atoms with Crippen LogP contribution in [0.2, 0.25) is 0 Å². The number of carbonyl (C=O) groups excluding carboxylic acids is 1. The summed E-state index contributed by atoms with van der Waals surface area (Å²) in [5, 5.41) is 2.87. The Bertz CT molecular complexity index is 601. The number of guanidine groups is 1. The molecule has 6 nitrogen and oxygen atoms in total. The van der Waals surface area contributed by atoms with Gasteiger partial charge < -0.3 is 16.8 Å². The third-order valence-electron chi connectivity index (χ3n) is 3.15. The van der Waals surface area contributed by atoms with E-state index in [2.05, 4.69) is 15.3 Å². The van der Waals surface area contributed by atoms with Gasteiger partial charge in [0.25, 0.3) is 5.91 Å². The molecule has 2 aliphatic rings. The topological polar surface area (TPSA) is 106 Å². The number of nitrogen functional groups attached to an aromatic ring is 1. The van der Waals surface area contributed by atoms with Crippen molar-refractivity contribution >= 4 is 29.1 Å². The summed E-state index contributed by atoms with van der Waals surface area (Å²) in [5.41, 5.74) is 14.0. The van der Waals surface area contributed by atoms with Crippen molar-refractivity contribution in [1.29, 1.82) is 0 Å². The molecule has 1 saturated carbocycles. The number of nitrogens with two attached hydrogens (primary N) is 2. The van der Waals surface area contributed by atoms with E-state index in [0.717, 1.165) is 24.1 Å². The van der Waals surface area contributed by atoms with Gasteiger partial charge in [-0.3, -0.25) is 4.79 Å². The first-order valence-corrected chi connectivity index (χ1v) is 6.23. The lowest BCUT2D eigenvalue weighted by Crippen LogP contribution is -2.37. The lowest BCUT2D eigenvalue weighted by molar-refractivity contribution is -0.118. The van der Waals surface area contributed by atoms with Crippen molar-refractivity contribution in [2.24, 2.45) is 21.6 Å². The number of anilines is 1. The lowest BCUT2D eigenvalue weighted by atomic mass is 10.1. The second kappa shape index (κ2) is 4.38. The van der Waals surface area contributed by atoms with Gasteiger partial charge in [0, 0.05) is 18.0 Å². The number of fused-ring (bicyclic) bond motifs is 1. The number of nitrogens with zero attached hydrogens (tertiary/aromatic N) is 2.